The van der Waals surface area contributed by atoms with Crippen LogP contribution in [0.2, 0.25) is 0 Å². The maximum atomic E-state index is 11.2. The minimum absolute atomic E-state index is 0.255. The number of morpholine rings is 1. The first-order valence-corrected chi connectivity index (χ1v) is 5.30. The van der Waals surface area contributed by atoms with Crippen molar-refractivity contribution in [1.29, 1.82) is 0 Å². The molecule has 1 aromatic heterocycles. The third-order valence-electron chi connectivity index (χ3n) is 2.64. The van der Waals surface area contributed by atoms with E-state index in [1.165, 1.54) is 4.90 Å². The van der Waals surface area contributed by atoms with E-state index < -0.39 is 5.91 Å². The molecule has 0 bridgehead atoms. The summed E-state index contributed by atoms with van der Waals surface area (Å²) in [5, 5.41) is 0. The van der Waals surface area contributed by atoms with Gasteiger partial charge in [-0.05, 0) is 12.1 Å². The van der Waals surface area contributed by atoms with Crippen molar-refractivity contribution >= 4 is 5.91 Å². The van der Waals surface area contributed by atoms with Crippen LogP contribution in [0.3, 0.4) is 0 Å². The Morgan fingerprint density at radius 1 is 1.44 bits per heavy atom. The molecule has 0 atom stereocenters. The lowest BCUT2D eigenvalue weighted by Crippen LogP contribution is -3.12. The summed E-state index contributed by atoms with van der Waals surface area (Å²) in [7, 11) is 0. The number of nitrogen functional groups attached to an aromatic ring is 1. The van der Waals surface area contributed by atoms with Crippen molar-refractivity contribution in [3.63, 3.8) is 0 Å². The molecule has 1 aliphatic heterocycles. The van der Waals surface area contributed by atoms with E-state index in [1.807, 2.05) is 11.5 Å². The lowest BCUT2D eigenvalue weighted by Gasteiger charge is -2.22. The molecule has 2 rings (SSSR count). The summed E-state index contributed by atoms with van der Waals surface area (Å²) in [6.45, 7) is 4.29. The number of nitrogens with one attached hydrogen (secondary N) is 2. The number of hydrazine groups is 1. The number of furan rings is 1. The van der Waals surface area contributed by atoms with Gasteiger partial charge in [-0.1, -0.05) is 0 Å². The Labute approximate surface area is 93.3 Å². The second-order valence-electron chi connectivity index (χ2n) is 3.78. The Kier molecular flexibility index (Phi) is 3.55. The van der Waals surface area contributed by atoms with Gasteiger partial charge in [0.15, 0.2) is 11.5 Å². The molecule has 6 nitrogen and oxygen atoms in total. The van der Waals surface area contributed by atoms with Gasteiger partial charge in [-0.2, -0.15) is 0 Å². The van der Waals surface area contributed by atoms with E-state index in [9.17, 15) is 4.79 Å². The van der Waals surface area contributed by atoms with Gasteiger partial charge in [0.05, 0.1) is 13.2 Å². The van der Waals surface area contributed by atoms with Crippen LogP contribution in [0.5, 0.6) is 0 Å². The van der Waals surface area contributed by atoms with Crippen LogP contribution in [0.4, 0.5) is 0 Å². The smallest absolute Gasteiger partial charge is 0.300 e. The fourth-order valence-electron chi connectivity index (χ4n) is 1.75. The molecule has 1 fully saturated rings. The molecule has 0 aliphatic carbocycles. The molecule has 0 saturated carbocycles. The van der Waals surface area contributed by atoms with Gasteiger partial charge in [0.1, 0.15) is 19.6 Å². The van der Waals surface area contributed by atoms with Gasteiger partial charge >= 0.3 is 5.91 Å². The summed E-state index contributed by atoms with van der Waals surface area (Å²) in [6, 6.07) is 3.45. The van der Waals surface area contributed by atoms with Crippen LogP contribution in [-0.2, 0) is 11.3 Å². The van der Waals surface area contributed by atoms with Crippen molar-refractivity contribution in [2.45, 2.75) is 6.54 Å². The summed E-state index contributed by atoms with van der Waals surface area (Å²) < 4.78 is 10.7. The minimum atomic E-state index is -0.400. The van der Waals surface area contributed by atoms with Crippen LogP contribution in [0.25, 0.3) is 0 Å². The van der Waals surface area contributed by atoms with Crippen molar-refractivity contribution < 1.29 is 18.8 Å². The molecule has 0 unspecified atom stereocenters. The minimum Gasteiger partial charge on any atom is -0.450 e. The first kappa shape index (κ1) is 11.1. The van der Waals surface area contributed by atoms with Crippen molar-refractivity contribution in [1.82, 2.24) is 5.43 Å². The number of hydrogen-bond acceptors (Lipinski definition) is 4. The molecular weight excluding hydrogens is 210 g/mol. The van der Waals surface area contributed by atoms with E-state index in [0.29, 0.717) is 0 Å². The molecule has 6 heteroatoms. The first-order valence-electron chi connectivity index (χ1n) is 5.30. The Morgan fingerprint density at radius 2 is 2.19 bits per heavy atom. The monoisotopic (exact) mass is 226 g/mol. The van der Waals surface area contributed by atoms with Crippen molar-refractivity contribution in [2.24, 2.45) is 5.84 Å². The zero-order valence-corrected chi connectivity index (χ0v) is 8.99. The number of hydrogen-bond donors (Lipinski definition) is 3. The summed E-state index contributed by atoms with van der Waals surface area (Å²) in [5.41, 5.74) is 2.04. The molecule has 16 heavy (non-hydrogen) atoms. The van der Waals surface area contributed by atoms with Gasteiger partial charge in [0.2, 0.25) is 0 Å². The molecule has 1 aromatic rings. The first-order chi connectivity index (χ1) is 7.79. The SMILES string of the molecule is NNC(=O)c1ccc(C[NH+]2CCOCC2)o1. The van der Waals surface area contributed by atoms with Gasteiger partial charge < -0.3 is 14.1 Å². The van der Waals surface area contributed by atoms with E-state index >= 15 is 0 Å². The highest BCUT2D eigenvalue weighted by Crippen LogP contribution is 2.06. The highest BCUT2D eigenvalue weighted by Gasteiger charge is 2.17. The van der Waals surface area contributed by atoms with Gasteiger partial charge in [0, 0.05) is 0 Å². The lowest BCUT2D eigenvalue weighted by molar-refractivity contribution is -0.922. The van der Waals surface area contributed by atoms with E-state index in [0.717, 1.165) is 38.6 Å². The van der Waals surface area contributed by atoms with E-state index in [-0.39, 0.29) is 5.76 Å². The Hall–Kier alpha value is -1.37. The molecule has 1 amide bonds. The predicted octanol–water partition coefficient (Wildman–Crippen LogP) is -1.70. The molecule has 1 saturated heterocycles. The number of amides is 1. The van der Waals surface area contributed by atoms with Crippen LogP contribution < -0.4 is 16.2 Å². The van der Waals surface area contributed by atoms with E-state index in [1.54, 1.807) is 6.07 Å². The maximum Gasteiger partial charge on any atom is 0.300 e. The average Bonchev–Trinajstić information content (AvgIpc) is 2.78. The molecule has 2 heterocycles. The quantitative estimate of drug-likeness (QED) is 0.326. The van der Waals surface area contributed by atoms with E-state index in [2.05, 4.69) is 0 Å². The van der Waals surface area contributed by atoms with Crippen LogP contribution >= 0.6 is 0 Å². The summed E-state index contributed by atoms with van der Waals surface area (Å²) >= 11 is 0. The van der Waals surface area contributed by atoms with Crippen LogP contribution in [0.15, 0.2) is 16.5 Å². The average molecular weight is 226 g/mol. The summed E-state index contributed by atoms with van der Waals surface area (Å²) in [5.74, 6) is 5.67. The fourth-order valence-corrected chi connectivity index (χ4v) is 1.75. The van der Waals surface area contributed by atoms with Crippen LogP contribution in [0.1, 0.15) is 16.3 Å². The second kappa shape index (κ2) is 5.11. The zero-order valence-electron chi connectivity index (χ0n) is 8.99. The number of carbonyl (C=O) groups is 1. The van der Waals surface area contributed by atoms with Crippen molar-refractivity contribution in [3.8, 4) is 0 Å². The Bertz CT molecular complexity index is 358. The maximum absolute atomic E-state index is 11.2. The van der Waals surface area contributed by atoms with Gasteiger partial charge in [-0.25, -0.2) is 5.84 Å². The number of nitrogens with two attached hydrogens (primary N) is 1. The standard InChI is InChI=1S/C10H15N3O3/c11-12-10(14)9-2-1-8(16-9)7-13-3-5-15-6-4-13/h1-2H,3-7,11H2,(H,12,14)/p+1. The van der Waals surface area contributed by atoms with Crippen molar-refractivity contribution in [2.75, 3.05) is 26.3 Å². The van der Waals surface area contributed by atoms with E-state index in [4.69, 9.17) is 15.0 Å². The summed E-state index contributed by atoms with van der Waals surface area (Å²) in [4.78, 5) is 12.6. The normalized spacial score (nSPS) is 17.3. The molecule has 0 spiro atoms. The largest absolute Gasteiger partial charge is 0.450 e. The lowest BCUT2D eigenvalue weighted by atomic mass is 10.3. The third-order valence-corrected chi connectivity index (χ3v) is 2.64. The Balaban J connectivity index is 1.94. The van der Waals surface area contributed by atoms with Gasteiger partial charge in [0.25, 0.3) is 0 Å². The number of carbonyl (C=O) groups excluding carboxylic acids is 1. The molecular formula is C10H16N3O3+. The second-order valence-corrected chi connectivity index (χ2v) is 3.78. The molecule has 4 N–H and O–H groups in total. The number of rotatable bonds is 3. The van der Waals surface area contributed by atoms with Crippen LogP contribution in [0, 0.1) is 0 Å². The molecule has 0 aromatic carbocycles. The summed E-state index contributed by atoms with van der Waals surface area (Å²) in [6.07, 6.45) is 0. The molecule has 0 radical (unpaired) electrons. The highest BCUT2D eigenvalue weighted by atomic mass is 16.5. The fraction of sp³-hybridized carbons (Fsp3) is 0.500. The molecule has 88 valence electrons. The highest BCUT2D eigenvalue weighted by molar-refractivity contribution is 5.90. The predicted molar refractivity (Wildman–Crippen MR) is 55.6 cm³/mol. The third kappa shape index (κ3) is 2.60. The number of quaternary nitrogens is 1. The van der Waals surface area contributed by atoms with Gasteiger partial charge in [-0.15, -0.1) is 0 Å². The van der Waals surface area contributed by atoms with Crippen LogP contribution in [-0.4, -0.2) is 32.2 Å². The topological polar surface area (TPSA) is 81.9 Å². The molecule has 1 aliphatic rings. The van der Waals surface area contributed by atoms with Crippen molar-refractivity contribution in [3.05, 3.63) is 23.7 Å². The zero-order chi connectivity index (χ0) is 11.4. The number of ether oxygens (including phenoxy) is 1. The van der Waals surface area contributed by atoms with Gasteiger partial charge in [-0.3, -0.25) is 10.2 Å². The Morgan fingerprint density at radius 3 is 2.88 bits per heavy atom.